The molecule has 0 radical (unpaired) electrons. The van der Waals surface area contributed by atoms with E-state index >= 15 is 0 Å². The highest BCUT2D eigenvalue weighted by atomic mass is 16.5. The zero-order chi connectivity index (χ0) is 12.7. The Labute approximate surface area is 108 Å². The van der Waals surface area contributed by atoms with Crippen LogP contribution in [0, 0.1) is 11.8 Å². The minimum Gasteiger partial charge on any atom is -0.431 e. The SMILES string of the molecule is CC(=O)O/C1=C(\C)c2ccccc2CCC2CC12. The van der Waals surface area contributed by atoms with Crippen LogP contribution in [-0.4, -0.2) is 5.97 Å². The van der Waals surface area contributed by atoms with Crippen molar-refractivity contribution in [2.75, 3.05) is 0 Å². The van der Waals surface area contributed by atoms with Crippen LogP contribution in [0.3, 0.4) is 0 Å². The number of ether oxygens (including phenoxy) is 1. The molecule has 0 aliphatic heterocycles. The van der Waals surface area contributed by atoms with Crippen LogP contribution in [0.25, 0.3) is 5.57 Å². The van der Waals surface area contributed by atoms with Crippen molar-refractivity contribution in [3.05, 3.63) is 41.2 Å². The first kappa shape index (κ1) is 11.5. The minimum atomic E-state index is -0.201. The highest BCUT2D eigenvalue weighted by Gasteiger charge is 2.43. The van der Waals surface area contributed by atoms with Crippen molar-refractivity contribution in [1.82, 2.24) is 0 Å². The Morgan fingerprint density at radius 3 is 2.89 bits per heavy atom. The minimum absolute atomic E-state index is 0.201. The van der Waals surface area contributed by atoms with E-state index < -0.39 is 0 Å². The van der Waals surface area contributed by atoms with Crippen LogP contribution in [0.15, 0.2) is 30.0 Å². The average Bonchev–Trinajstić information content (AvgIpc) is 3.10. The van der Waals surface area contributed by atoms with E-state index in [4.69, 9.17) is 4.74 Å². The van der Waals surface area contributed by atoms with E-state index in [-0.39, 0.29) is 5.97 Å². The molecule has 0 amide bonds. The lowest BCUT2D eigenvalue weighted by Gasteiger charge is -2.18. The Hall–Kier alpha value is -1.57. The second kappa shape index (κ2) is 4.27. The molecule has 1 saturated carbocycles. The summed E-state index contributed by atoms with van der Waals surface area (Å²) in [5.74, 6) is 1.90. The molecule has 1 aromatic rings. The third-order valence-electron chi connectivity index (χ3n) is 4.09. The third-order valence-corrected chi connectivity index (χ3v) is 4.09. The predicted molar refractivity (Wildman–Crippen MR) is 70.7 cm³/mol. The number of hydrogen-bond acceptors (Lipinski definition) is 2. The summed E-state index contributed by atoms with van der Waals surface area (Å²) in [6.07, 6.45) is 3.52. The van der Waals surface area contributed by atoms with Gasteiger partial charge in [0.05, 0.1) is 0 Å². The molecule has 2 aliphatic carbocycles. The summed E-state index contributed by atoms with van der Waals surface area (Å²) in [5.41, 5.74) is 3.78. The zero-order valence-electron chi connectivity index (χ0n) is 10.9. The van der Waals surface area contributed by atoms with E-state index in [1.807, 2.05) is 0 Å². The number of hydrogen-bond donors (Lipinski definition) is 0. The molecule has 2 aliphatic rings. The highest BCUT2D eigenvalue weighted by Crippen LogP contribution is 2.51. The van der Waals surface area contributed by atoms with Gasteiger partial charge in [0.15, 0.2) is 0 Å². The molecule has 0 bridgehead atoms. The maximum atomic E-state index is 11.3. The summed E-state index contributed by atoms with van der Waals surface area (Å²) in [4.78, 5) is 11.3. The van der Waals surface area contributed by atoms with Crippen LogP contribution in [0.4, 0.5) is 0 Å². The van der Waals surface area contributed by atoms with Crippen LogP contribution >= 0.6 is 0 Å². The monoisotopic (exact) mass is 242 g/mol. The molecule has 2 heteroatoms. The van der Waals surface area contributed by atoms with Crippen molar-refractivity contribution in [3.63, 3.8) is 0 Å². The third kappa shape index (κ3) is 1.96. The molecule has 94 valence electrons. The summed E-state index contributed by atoms with van der Waals surface area (Å²) in [5, 5.41) is 0. The molecule has 2 unspecified atom stereocenters. The fraction of sp³-hybridized carbons (Fsp3) is 0.438. The van der Waals surface area contributed by atoms with E-state index in [1.165, 1.54) is 30.9 Å². The van der Waals surface area contributed by atoms with E-state index in [2.05, 4.69) is 31.2 Å². The number of fused-ring (bicyclic) bond motifs is 2. The van der Waals surface area contributed by atoms with E-state index in [0.29, 0.717) is 11.8 Å². The number of rotatable bonds is 1. The van der Waals surface area contributed by atoms with Crippen molar-refractivity contribution in [1.29, 1.82) is 0 Å². The van der Waals surface area contributed by atoms with Gasteiger partial charge in [-0.1, -0.05) is 24.3 Å². The fourth-order valence-electron chi connectivity index (χ4n) is 3.05. The van der Waals surface area contributed by atoms with Gasteiger partial charge in [0, 0.05) is 12.8 Å². The van der Waals surface area contributed by atoms with Crippen LogP contribution in [-0.2, 0) is 16.0 Å². The second-order valence-corrected chi connectivity index (χ2v) is 5.38. The molecule has 0 aromatic heterocycles. The standard InChI is InChI=1S/C16H18O2/c1-10-14-6-4-3-5-12(14)7-8-13-9-15(13)16(10)18-11(2)17/h3-6,13,15H,7-9H2,1-2H3/b16-10+. The maximum Gasteiger partial charge on any atom is 0.307 e. The van der Waals surface area contributed by atoms with Crippen molar-refractivity contribution >= 4 is 11.5 Å². The Balaban J connectivity index is 2.08. The van der Waals surface area contributed by atoms with Gasteiger partial charge in [0.1, 0.15) is 5.76 Å². The van der Waals surface area contributed by atoms with E-state index in [1.54, 1.807) is 0 Å². The van der Waals surface area contributed by atoms with Gasteiger partial charge in [-0.2, -0.15) is 0 Å². The lowest BCUT2D eigenvalue weighted by atomic mass is 9.92. The van der Waals surface area contributed by atoms with Crippen LogP contribution in [0.1, 0.15) is 37.8 Å². The molecule has 1 fully saturated rings. The molecule has 1 aromatic carbocycles. The first-order chi connectivity index (χ1) is 8.66. The molecule has 0 spiro atoms. The van der Waals surface area contributed by atoms with E-state index in [9.17, 15) is 4.79 Å². The normalized spacial score (nSPS) is 29.7. The predicted octanol–water partition coefficient (Wildman–Crippen LogP) is 3.56. The van der Waals surface area contributed by atoms with Gasteiger partial charge in [-0.05, 0) is 48.8 Å². The molecular formula is C16H18O2. The lowest BCUT2D eigenvalue weighted by molar-refractivity contribution is -0.137. The van der Waals surface area contributed by atoms with Gasteiger partial charge in [-0.15, -0.1) is 0 Å². The lowest BCUT2D eigenvalue weighted by Crippen LogP contribution is -2.08. The first-order valence-corrected chi connectivity index (χ1v) is 6.64. The number of aryl methyl sites for hydroxylation is 1. The summed E-state index contributed by atoms with van der Waals surface area (Å²) >= 11 is 0. The zero-order valence-corrected chi connectivity index (χ0v) is 10.9. The Morgan fingerprint density at radius 2 is 2.11 bits per heavy atom. The molecule has 3 rings (SSSR count). The number of benzene rings is 1. The van der Waals surface area contributed by atoms with Gasteiger partial charge < -0.3 is 4.74 Å². The summed E-state index contributed by atoms with van der Waals surface area (Å²) in [7, 11) is 0. The van der Waals surface area contributed by atoms with Gasteiger partial charge in [0.25, 0.3) is 0 Å². The molecular weight excluding hydrogens is 224 g/mol. The number of allylic oxidation sites excluding steroid dienone is 2. The number of carbonyl (C=O) groups excluding carboxylic acids is 1. The van der Waals surface area contributed by atoms with Crippen molar-refractivity contribution in [2.24, 2.45) is 11.8 Å². The van der Waals surface area contributed by atoms with Crippen molar-refractivity contribution in [3.8, 4) is 0 Å². The number of esters is 1. The fourth-order valence-corrected chi connectivity index (χ4v) is 3.05. The summed E-state index contributed by atoms with van der Waals surface area (Å²) in [6.45, 7) is 3.57. The van der Waals surface area contributed by atoms with Crippen LogP contribution in [0.2, 0.25) is 0 Å². The van der Waals surface area contributed by atoms with E-state index in [0.717, 1.165) is 17.8 Å². The second-order valence-electron chi connectivity index (χ2n) is 5.38. The molecule has 2 atom stereocenters. The van der Waals surface area contributed by atoms with Gasteiger partial charge in [-0.25, -0.2) is 0 Å². The first-order valence-electron chi connectivity index (χ1n) is 6.64. The highest BCUT2D eigenvalue weighted by molar-refractivity contribution is 5.74. The Morgan fingerprint density at radius 1 is 1.33 bits per heavy atom. The molecule has 18 heavy (non-hydrogen) atoms. The number of carbonyl (C=O) groups is 1. The van der Waals surface area contributed by atoms with Crippen molar-refractivity contribution < 1.29 is 9.53 Å². The van der Waals surface area contributed by atoms with Gasteiger partial charge in [0.2, 0.25) is 0 Å². The van der Waals surface area contributed by atoms with Gasteiger partial charge in [-0.3, -0.25) is 4.79 Å². The smallest absolute Gasteiger partial charge is 0.307 e. The summed E-state index contributed by atoms with van der Waals surface area (Å²) in [6, 6.07) is 8.47. The molecule has 0 heterocycles. The quantitative estimate of drug-likeness (QED) is 0.704. The van der Waals surface area contributed by atoms with Crippen LogP contribution in [0.5, 0.6) is 0 Å². The average molecular weight is 242 g/mol. The molecule has 2 nitrogen and oxygen atoms in total. The molecule has 0 N–H and O–H groups in total. The summed E-state index contributed by atoms with van der Waals surface area (Å²) < 4.78 is 5.49. The Bertz CT molecular complexity index is 528. The maximum absolute atomic E-state index is 11.3. The topological polar surface area (TPSA) is 26.3 Å². The Kier molecular flexibility index (Phi) is 2.73. The van der Waals surface area contributed by atoms with Crippen LogP contribution < -0.4 is 0 Å². The molecule has 0 saturated heterocycles. The largest absolute Gasteiger partial charge is 0.431 e. The van der Waals surface area contributed by atoms with Crippen molar-refractivity contribution in [2.45, 2.75) is 33.1 Å². The van der Waals surface area contributed by atoms with Gasteiger partial charge >= 0.3 is 5.97 Å².